The molecule has 0 fully saturated rings. The predicted molar refractivity (Wildman–Crippen MR) is 71.6 cm³/mol. The summed E-state index contributed by atoms with van der Waals surface area (Å²) < 4.78 is 1.80. The van der Waals surface area contributed by atoms with Gasteiger partial charge in [-0.1, -0.05) is 0 Å². The van der Waals surface area contributed by atoms with Gasteiger partial charge >= 0.3 is 0 Å². The van der Waals surface area contributed by atoms with Crippen LogP contribution in [0.15, 0.2) is 25.0 Å². The molecule has 0 aromatic carbocycles. The summed E-state index contributed by atoms with van der Waals surface area (Å²) in [6.45, 7) is 3.70. The molecule has 0 saturated carbocycles. The second-order valence-electron chi connectivity index (χ2n) is 4.33. The first-order valence-electron chi connectivity index (χ1n) is 6.14. The zero-order valence-corrected chi connectivity index (χ0v) is 10.9. The molecule has 0 amide bonds. The molecule has 3 rings (SSSR count). The molecule has 19 heavy (non-hydrogen) atoms. The quantitative estimate of drug-likeness (QED) is 0.757. The Balaban J connectivity index is 1.95. The van der Waals surface area contributed by atoms with Crippen molar-refractivity contribution in [1.82, 2.24) is 29.7 Å². The van der Waals surface area contributed by atoms with Crippen LogP contribution < -0.4 is 4.90 Å². The van der Waals surface area contributed by atoms with E-state index in [0.717, 1.165) is 30.0 Å². The van der Waals surface area contributed by atoms with Crippen LogP contribution in [0.5, 0.6) is 0 Å². The topological polar surface area (TPSA) is 75.5 Å². The number of nitrogens with one attached hydrogen (secondary N) is 1. The molecule has 98 valence electrons. The fraction of sp³-hybridized carbons (Fsp3) is 0.333. The third-order valence-electron chi connectivity index (χ3n) is 3.02. The number of imidazole rings is 1. The number of hydrogen-bond donors (Lipinski definition) is 1. The number of rotatable bonds is 4. The molecule has 3 heterocycles. The van der Waals surface area contributed by atoms with E-state index in [4.69, 9.17) is 0 Å². The molecule has 0 spiro atoms. The van der Waals surface area contributed by atoms with Gasteiger partial charge in [0, 0.05) is 31.9 Å². The highest BCUT2D eigenvalue weighted by Gasteiger charge is 2.13. The van der Waals surface area contributed by atoms with Gasteiger partial charge in [0.25, 0.3) is 0 Å². The Kier molecular flexibility index (Phi) is 2.86. The third kappa shape index (κ3) is 2.14. The van der Waals surface area contributed by atoms with E-state index in [2.05, 4.69) is 36.9 Å². The maximum atomic E-state index is 4.37. The van der Waals surface area contributed by atoms with E-state index in [1.807, 2.05) is 19.4 Å². The standard InChI is InChI=1S/C12H15N7/c1-3-19(6-9-4-17-18(2)5-9)12-10-11(14-7-13-10)15-8-16-12/h4-5,7-8H,3,6H2,1-2H3,(H,13,14,15,16). The molecular formula is C12H15N7. The van der Waals surface area contributed by atoms with Crippen LogP contribution in [-0.4, -0.2) is 36.3 Å². The number of hydrogen-bond acceptors (Lipinski definition) is 5. The van der Waals surface area contributed by atoms with E-state index < -0.39 is 0 Å². The summed E-state index contributed by atoms with van der Waals surface area (Å²) in [6.07, 6.45) is 7.06. The number of nitrogens with zero attached hydrogens (tertiary/aromatic N) is 6. The van der Waals surface area contributed by atoms with Crippen molar-refractivity contribution in [2.75, 3.05) is 11.4 Å². The van der Waals surface area contributed by atoms with Crippen LogP contribution in [-0.2, 0) is 13.6 Å². The lowest BCUT2D eigenvalue weighted by Gasteiger charge is -2.21. The minimum atomic E-state index is 0.689. The summed E-state index contributed by atoms with van der Waals surface area (Å²) in [5, 5.41) is 4.19. The number of aromatic amines is 1. The highest BCUT2D eigenvalue weighted by molar-refractivity contribution is 5.82. The van der Waals surface area contributed by atoms with Crippen molar-refractivity contribution in [1.29, 1.82) is 0 Å². The van der Waals surface area contributed by atoms with E-state index in [-0.39, 0.29) is 0 Å². The van der Waals surface area contributed by atoms with E-state index >= 15 is 0 Å². The molecule has 0 aliphatic heterocycles. The fourth-order valence-corrected chi connectivity index (χ4v) is 2.10. The normalized spacial score (nSPS) is 11.1. The summed E-state index contributed by atoms with van der Waals surface area (Å²) in [6, 6.07) is 0. The van der Waals surface area contributed by atoms with Crippen molar-refractivity contribution in [2.45, 2.75) is 13.5 Å². The van der Waals surface area contributed by atoms with Crippen molar-refractivity contribution in [3.8, 4) is 0 Å². The number of fused-ring (bicyclic) bond motifs is 1. The first kappa shape index (κ1) is 11.6. The summed E-state index contributed by atoms with van der Waals surface area (Å²) in [5.74, 6) is 0.869. The first-order chi connectivity index (χ1) is 9.28. The van der Waals surface area contributed by atoms with E-state index in [0.29, 0.717) is 5.65 Å². The van der Waals surface area contributed by atoms with Gasteiger partial charge in [-0.3, -0.25) is 4.68 Å². The molecule has 3 aromatic rings. The van der Waals surface area contributed by atoms with Gasteiger partial charge in [-0.15, -0.1) is 0 Å². The Bertz CT molecular complexity index is 684. The Morgan fingerprint density at radius 3 is 2.95 bits per heavy atom. The minimum absolute atomic E-state index is 0.689. The molecule has 0 bridgehead atoms. The van der Waals surface area contributed by atoms with Crippen LogP contribution in [0.25, 0.3) is 11.2 Å². The molecule has 7 heteroatoms. The second-order valence-corrected chi connectivity index (χ2v) is 4.33. The van der Waals surface area contributed by atoms with Gasteiger partial charge in [-0.25, -0.2) is 15.0 Å². The van der Waals surface area contributed by atoms with Crippen molar-refractivity contribution < 1.29 is 0 Å². The molecule has 0 unspecified atom stereocenters. The molecule has 0 saturated heterocycles. The van der Waals surface area contributed by atoms with Gasteiger partial charge in [-0.05, 0) is 6.92 Å². The van der Waals surface area contributed by atoms with Gasteiger partial charge < -0.3 is 9.88 Å². The van der Waals surface area contributed by atoms with Gasteiger partial charge in [0.2, 0.25) is 0 Å². The zero-order valence-electron chi connectivity index (χ0n) is 10.9. The van der Waals surface area contributed by atoms with Crippen LogP contribution in [0.1, 0.15) is 12.5 Å². The molecule has 0 atom stereocenters. The molecule has 0 aliphatic carbocycles. The molecule has 1 N–H and O–H groups in total. The van der Waals surface area contributed by atoms with Crippen molar-refractivity contribution >= 4 is 17.0 Å². The van der Waals surface area contributed by atoms with E-state index in [9.17, 15) is 0 Å². The number of aryl methyl sites for hydroxylation is 1. The van der Waals surface area contributed by atoms with Gasteiger partial charge in [0.05, 0.1) is 12.5 Å². The van der Waals surface area contributed by atoms with Gasteiger partial charge in [-0.2, -0.15) is 5.10 Å². The molecular weight excluding hydrogens is 242 g/mol. The second kappa shape index (κ2) is 4.68. The van der Waals surface area contributed by atoms with Crippen molar-refractivity contribution in [3.63, 3.8) is 0 Å². The smallest absolute Gasteiger partial charge is 0.182 e. The molecule has 3 aromatic heterocycles. The Labute approximate surface area is 110 Å². The maximum absolute atomic E-state index is 4.37. The summed E-state index contributed by atoms with van der Waals surface area (Å²) in [7, 11) is 1.91. The lowest BCUT2D eigenvalue weighted by atomic mass is 10.3. The lowest BCUT2D eigenvalue weighted by Crippen LogP contribution is -2.23. The maximum Gasteiger partial charge on any atom is 0.182 e. The van der Waals surface area contributed by atoms with Gasteiger partial charge in [0.15, 0.2) is 11.5 Å². The SMILES string of the molecule is CCN(Cc1cnn(C)c1)c1ncnc2nc[nH]c12. The molecule has 7 nitrogen and oxygen atoms in total. The van der Waals surface area contributed by atoms with Crippen LogP contribution in [0.2, 0.25) is 0 Å². The summed E-state index contributed by atoms with van der Waals surface area (Å²) in [4.78, 5) is 17.9. The van der Waals surface area contributed by atoms with Crippen LogP contribution in [0.4, 0.5) is 5.82 Å². The highest BCUT2D eigenvalue weighted by atomic mass is 15.3. The Hall–Kier alpha value is -2.44. The zero-order chi connectivity index (χ0) is 13.2. The fourth-order valence-electron chi connectivity index (χ4n) is 2.10. The Morgan fingerprint density at radius 1 is 1.32 bits per heavy atom. The lowest BCUT2D eigenvalue weighted by molar-refractivity contribution is 0.764. The predicted octanol–water partition coefficient (Wildman–Crippen LogP) is 1.11. The van der Waals surface area contributed by atoms with Gasteiger partial charge in [0.1, 0.15) is 11.8 Å². The number of H-pyrrole nitrogens is 1. The van der Waals surface area contributed by atoms with E-state index in [1.165, 1.54) is 0 Å². The first-order valence-corrected chi connectivity index (χ1v) is 6.14. The Morgan fingerprint density at radius 2 is 2.21 bits per heavy atom. The average molecular weight is 257 g/mol. The molecule has 0 aliphatic rings. The van der Waals surface area contributed by atoms with Crippen molar-refractivity contribution in [3.05, 3.63) is 30.6 Å². The van der Waals surface area contributed by atoms with Crippen LogP contribution >= 0.6 is 0 Å². The number of anilines is 1. The third-order valence-corrected chi connectivity index (χ3v) is 3.02. The summed E-state index contributed by atoms with van der Waals surface area (Å²) in [5.41, 5.74) is 2.71. The largest absolute Gasteiger partial charge is 0.351 e. The van der Waals surface area contributed by atoms with Crippen molar-refractivity contribution in [2.24, 2.45) is 7.05 Å². The molecule has 0 radical (unpaired) electrons. The highest BCUT2D eigenvalue weighted by Crippen LogP contribution is 2.21. The van der Waals surface area contributed by atoms with Crippen LogP contribution in [0, 0.1) is 0 Å². The minimum Gasteiger partial charge on any atom is -0.351 e. The monoisotopic (exact) mass is 257 g/mol. The van der Waals surface area contributed by atoms with E-state index in [1.54, 1.807) is 17.3 Å². The summed E-state index contributed by atoms with van der Waals surface area (Å²) >= 11 is 0. The van der Waals surface area contributed by atoms with Crippen LogP contribution in [0.3, 0.4) is 0 Å². The average Bonchev–Trinajstić information content (AvgIpc) is 3.04. The number of aromatic nitrogens is 6.